The van der Waals surface area contributed by atoms with E-state index in [1.165, 1.54) is 16.4 Å². The SMILES string of the molecule is Cc1ccccc1Cn1ccc(NC(=O)c2ccnn2CCC(=O)O)n1. The number of hydrogen-bond acceptors (Lipinski definition) is 4. The number of aliphatic carboxylic acids is 1. The highest BCUT2D eigenvalue weighted by atomic mass is 16.4. The highest BCUT2D eigenvalue weighted by molar-refractivity contribution is 6.02. The lowest BCUT2D eigenvalue weighted by molar-refractivity contribution is -0.137. The van der Waals surface area contributed by atoms with Crippen molar-refractivity contribution < 1.29 is 14.7 Å². The Labute approximate surface area is 150 Å². The molecule has 0 radical (unpaired) electrons. The van der Waals surface area contributed by atoms with Gasteiger partial charge in [0.15, 0.2) is 5.82 Å². The first-order valence-corrected chi connectivity index (χ1v) is 8.16. The summed E-state index contributed by atoms with van der Waals surface area (Å²) in [5, 5.41) is 19.8. The molecule has 0 bridgehead atoms. The van der Waals surface area contributed by atoms with Crippen LogP contribution in [0.15, 0.2) is 48.8 Å². The van der Waals surface area contributed by atoms with Gasteiger partial charge >= 0.3 is 5.97 Å². The van der Waals surface area contributed by atoms with Crippen LogP contribution in [0.3, 0.4) is 0 Å². The van der Waals surface area contributed by atoms with Crippen LogP contribution in [0.5, 0.6) is 0 Å². The average Bonchev–Trinajstić information content (AvgIpc) is 3.24. The van der Waals surface area contributed by atoms with Crippen molar-refractivity contribution >= 4 is 17.7 Å². The van der Waals surface area contributed by atoms with E-state index in [0.29, 0.717) is 18.1 Å². The lowest BCUT2D eigenvalue weighted by atomic mass is 10.1. The van der Waals surface area contributed by atoms with Gasteiger partial charge in [0, 0.05) is 18.5 Å². The molecular formula is C18H19N5O3. The quantitative estimate of drug-likeness (QED) is 0.678. The van der Waals surface area contributed by atoms with Crippen molar-refractivity contribution in [1.29, 1.82) is 0 Å². The maximum absolute atomic E-state index is 12.4. The van der Waals surface area contributed by atoms with Crippen LogP contribution in [0.2, 0.25) is 0 Å². The predicted molar refractivity (Wildman–Crippen MR) is 94.9 cm³/mol. The van der Waals surface area contributed by atoms with Crippen molar-refractivity contribution in [1.82, 2.24) is 19.6 Å². The van der Waals surface area contributed by atoms with Gasteiger partial charge in [-0.3, -0.25) is 19.0 Å². The minimum absolute atomic E-state index is 0.104. The number of carboxylic acids is 1. The largest absolute Gasteiger partial charge is 0.481 e. The van der Waals surface area contributed by atoms with Gasteiger partial charge in [-0.2, -0.15) is 10.2 Å². The standard InChI is InChI=1S/C18H19N5O3/c1-13-4-2-3-5-14(13)12-22-10-7-16(21-22)20-18(26)15-6-9-19-23(15)11-8-17(24)25/h2-7,9-10H,8,11-12H2,1H3,(H,24,25)(H,20,21,26). The van der Waals surface area contributed by atoms with Gasteiger partial charge < -0.3 is 10.4 Å². The molecule has 1 amide bonds. The van der Waals surface area contributed by atoms with Crippen LogP contribution >= 0.6 is 0 Å². The van der Waals surface area contributed by atoms with Gasteiger partial charge in [0.05, 0.1) is 19.5 Å². The number of hydrogen-bond donors (Lipinski definition) is 2. The van der Waals surface area contributed by atoms with Crippen molar-refractivity contribution in [3.63, 3.8) is 0 Å². The molecule has 2 N–H and O–H groups in total. The molecule has 0 aliphatic heterocycles. The number of carboxylic acid groups (broad SMARTS) is 1. The third-order valence-electron chi connectivity index (χ3n) is 3.96. The van der Waals surface area contributed by atoms with E-state index in [4.69, 9.17) is 5.11 Å². The van der Waals surface area contributed by atoms with E-state index in [0.717, 1.165) is 5.56 Å². The second-order valence-corrected chi connectivity index (χ2v) is 5.86. The van der Waals surface area contributed by atoms with Crippen molar-refractivity contribution in [3.05, 3.63) is 65.6 Å². The molecule has 26 heavy (non-hydrogen) atoms. The number of benzene rings is 1. The third kappa shape index (κ3) is 4.15. The van der Waals surface area contributed by atoms with E-state index in [2.05, 4.69) is 15.5 Å². The number of nitrogens with zero attached hydrogens (tertiary/aromatic N) is 4. The summed E-state index contributed by atoms with van der Waals surface area (Å²) in [5.41, 5.74) is 2.62. The van der Waals surface area contributed by atoms with Gasteiger partial charge in [-0.1, -0.05) is 24.3 Å². The number of carbonyl (C=O) groups is 2. The molecule has 2 aromatic heterocycles. The molecule has 1 aromatic carbocycles. The molecule has 8 nitrogen and oxygen atoms in total. The third-order valence-corrected chi connectivity index (χ3v) is 3.96. The first kappa shape index (κ1) is 17.4. The summed E-state index contributed by atoms with van der Waals surface area (Å²) in [4.78, 5) is 23.1. The molecule has 8 heteroatoms. The zero-order chi connectivity index (χ0) is 18.5. The van der Waals surface area contributed by atoms with Gasteiger partial charge in [-0.15, -0.1) is 0 Å². The van der Waals surface area contributed by atoms with Gasteiger partial charge in [-0.05, 0) is 24.1 Å². The van der Waals surface area contributed by atoms with Crippen LogP contribution in [0.1, 0.15) is 28.0 Å². The number of aryl methyl sites for hydroxylation is 2. The zero-order valence-corrected chi connectivity index (χ0v) is 14.3. The van der Waals surface area contributed by atoms with E-state index < -0.39 is 5.97 Å². The van der Waals surface area contributed by atoms with Crippen LogP contribution in [-0.4, -0.2) is 36.5 Å². The number of aromatic nitrogens is 4. The summed E-state index contributed by atoms with van der Waals surface area (Å²) >= 11 is 0. The van der Waals surface area contributed by atoms with Crippen LogP contribution in [-0.2, 0) is 17.9 Å². The summed E-state index contributed by atoms with van der Waals surface area (Å²) in [7, 11) is 0. The summed E-state index contributed by atoms with van der Waals surface area (Å²) < 4.78 is 3.12. The highest BCUT2D eigenvalue weighted by Crippen LogP contribution is 2.11. The van der Waals surface area contributed by atoms with Gasteiger partial charge in [0.25, 0.3) is 5.91 Å². The molecule has 2 heterocycles. The lowest BCUT2D eigenvalue weighted by Gasteiger charge is -2.07. The summed E-state index contributed by atoms with van der Waals surface area (Å²) in [5.74, 6) is -0.898. The molecule has 0 unspecified atom stereocenters. The van der Waals surface area contributed by atoms with Crippen molar-refractivity contribution in [2.24, 2.45) is 0 Å². The Hall–Kier alpha value is -3.42. The van der Waals surface area contributed by atoms with Crippen LogP contribution < -0.4 is 5.32 Å². The minimum Gasteiger partial charge on any atom is -0.481 e. The lowest BCUT2D eigenvalue weighted by Crippen LogP contribution is -2.19. The molecule has 3 aromatic rings. The molecule has 3 rings (SSSR count). The smallest absolute Gasteiger partial charge is 0.305 e. The fraction of sp³-hybridized carbons (Fsp3) is 0.222. The van der Waals surface area contributed by atoms with Gasteiger partial charge in [-0.25, -0.2) is 0 Å². The fourth-order valence-electron chi connectivity index (χ4n) is 2.56. The average molecular weight is 353 g/mol. The summed E-state index contributed by atoms with van der Waals surface area (Å²) in [6.07, 6.45) is 3.16. The second kappa shape index (κ2) is 7.64. The van der Waals surface area contributed by atoms with Crippen molar-refractivity contribution in [3.8, 4) is 0 Å². The van der Waals surface area contributed by atoms with E-state index in [1.807, 2.05) is 31.2 Å². The molecule has 0 atom stereocenters. The molecule has 0 aliphatic rings. The number of nitrogens with one attached hydrogen (secondary N) is 1. The monoisotopic (exact) mass is 353 g/mol. The Balaban J connectivity index is 1.66. The van der Waals surface area contributed by atoms with E-state index in [1.54, 1.807) is 23.0 Å². The number of rotatable bonds is 7. The van der Waals surface area contributed by atoms with E-state index >= 15 is 0 Å². The predicted octanol–water partition coefficient (Wildman–Crippen LogP) is 2.16. The molecule has 0 spiro atoms. The van der Waals surface area contributed by atoms with Crippen LogP contribution in [0, 0.1) is 6.92 Å². The fourth-order valence-corrected chi connectivity index (χ4v) is 2.56. The second-order valence-electron chi connectivity index (χ2n) is 5.86. The maximum Gasteiger partial charge on any atom is 0.305 e. The Morgan fingerprint density at radius 3 is 2.77 bits per heavy atom. The minimum atomic E-state index is -0.943. The van der Waals surface area contributed by atoms with Gasteiger partial charge in [0.1, 0.15) is 5.69 Å². The van der Waals surface area contributed by atoms with Crippen molar-refractivity contribution in [2.45, 2.75) is 26.4 Å². The van der Waals surface area contributed by atoms with E-state index in [-0.39, 0.29) is 18.9 Å². The van der Waals surface area contributed by atoms with Crippen molar-refractivity contribution in [2.75, 3.05) is 5.32 Å². The van der Waals surface area contributed by atoms with E-state index in [9.17, 15) is 9.59 Å². The summed E-state index contributed by atoms with van der Waals surface area (Å²) in [6.45, 7) is 2.78. The normalized spacial score (nSPS) is 10.7. The topological polar surface area (TPSA) is 102 Å². The molecule has 0 saturated carbocycles. The first-order chi connectivity index (χ1) is 12.5. The summed E-state index contributed by atoms with van der Waals surface area (Å²) in [6, 6.07) is 11.3. The molecule has 0 saturated heterocycles. The first-order valence-electron chi connectivity index (χ1n) is 8.16. The molecular weight excluding hydrogens is 334 g/mol. The van der Waals surface area contributed by atoms with Gasteiger partial charge in [0.2, 0.25) is 0 Å². The Bertz CT molecular complexity index is 928. The highest BCUT2D eigenvalue weighted by Gasteiger charge is 2.14. The number of carbonyl (C=O) groups excluding carboxylic acids is 1. The Morgan fingerprint density at radius 2 is 2.00 bits per heavy atom. The molecule has 0 fully saturated rings. The Kier molecular flexibility index (Phi) is 5.12. The Morgan fingerprint density at radius 1 is 1.19 bits per heavy atom. The molecule has 0 aliphatic carbocycles. The number of amides is 1. The number of anilines is 1. The molecule has 134 valence electrons. The van der Waals surface area contributed by atoms with Crippen LogP contribution in [0.4, 0.5) is 5.82 Å². The zero-order valence-electron chi connectivity index (χ0n) is 14.3. The van der Waals surface area contributed by atoms with Crippen LogP contribution in [0.25, 0.3) is 0 Å². The maximum atomic E-state index is 12.4.